The molecule has 74 valence electrons. The predicted octanol–water partition coefficient (Wildman–Crippen LogP) is 2.62. The molecular formula is C11H19NO. The molecule has 1 unspecified atom stereocenters. The molecule has 1 N–H and O–H groups in total. The highest BCUT2D eigenvalue weighted by Crippen LogP contribution is 2.39. The summed E-state index contributed by atoms with van der Waals surface area (Å²) < 4.78 is 0. The lowest BCUT2D eigenvalue weighted by molar-refractivity contribution is 0.0987. The van der Waals surface area contributed by atoms with E-state index in [0.717, 1.165) is 32.1 Å². The molecule has 13 heavy (non-hydrogen) atoms. The third kappa shape index (κ3) is 2.70. The molecule has 0 bridgehead atoms. The molecule has 1 aliphatic carbocycles. The summed E-state index contributed by atoms with van der Waals surface area (Å²) in [5.41, 5.74) is -0.201. The lowest BCUT2D eigenvalue weighted by Gasteiger charge is -2.32. The normalized spacial score (nSPS) is 23.5. The Kier molecular flexibility index (Phi) is 3.74. The first-order valence-electron chi connectivity index (χ1n) is 5.32. The van der Waals surface area contributed by atoms with Gasteiger partial charge in [0.2, 0.25) is 0 Å². The Balaban J connectivity index is 2.53. The third-order valence-electron chi connectivity index (χ3n) is 3.15. The van der Waals surface area contributed by atoms with Crippen LogP contribution in [0.2, 0.25) is 0 Å². The van der Waals surface area contributed by atoms with Crippen LogP contribution in [0, 0.1) is 16.7 Å². The first kappa shape index (κ1) is 10.5. The van der Waals surface area contributed by atoms with Gasteiger partial charge in [-0.05, 0) is 25.7 Å². The number of hydrogen-bond acceptors (Lipinski definition) is 2. The van der Waals surface area contributed by atoms with Gasteiger partial charge >= 0.3 is 0 Å². The third-order valence-corrected chi connectivity index (χ3v) is 3.15. The van der Waals surface area contributed by atoms with Crippen molar-refractivity contribution >= 4 is 0 Å². The van der Waals surface area contributed by atoms with E-state index in [4.69, 9.17) is 5.26 Å². The molecular weight excluding hydrogens is 162 g/mol. The molecule has 0 aromatic carbocycles. The van der Waals surface area contributed by atoms with E-state index >= 15 is 0 Å². The molecule has 0 aromatic rings. The summed E-state index contributed by atoms with van der Waals surface area (Å²) in [6.07, 6.45) is 6.71. The van der Waals surface area contributed by atoms with Crippen molar-refractivity contribution in [2.45, 2.75) is 58.0 Å². The number of nitriles is 1. The van der Waals surface area contributed by atoms with E-state index in [2.05, 4.69) is 6.07 Å². The van der Waals surface area contributed by atoms with Crippen molar-refractivity contribution in [1.29, 1.82) is 5.26 Å². The topological polar surface area (TPSA) is 44.0 Å². The molecule has 2 heteroatoms. The van der Waals surface area contributed by atoms with Gasteiger partial charge < -0.3 is 5.11 Å². The van der Waals surface area contributed by atoms with E-state index in [0.29, 0.717) is 6.42 Å². The molecule has 0 saturated heterocycles. The van der Waals surface area contributed by atoms with Gasteiger partial charge in [0.1, 0.15) is 0 Å². The molecule has 1 atom stereocenters. The van der Waals surface area contributed by atoms with Gasteiger partial charge in [0, 0.05) is 0 Å². The molecule has 1 fully saturated rings. The van der Waals surface area contributed by atoms with Gasteiger partial charge in [0.15, 0.2) is 0 Å². The molecule has 1 rings (SSSR count). The van der Waals surface area contributed by atoms with E-state index < -0.39 is 0 Å². The lowest BCUT2D eigenvalue weighted by Crippen LogP contribution is -2.27. The predicted molar refractivity (Wildman–Crippen MR) is 52.0 cm³/mol. The van der Waals surface area contributed by atoms with Crippen molar-refractivity contribution in [2.75, 3.05) is 0 Å². The van der Waals surface area contributed by atoms with Crippen molar-refractivity contribution in [2.24, 2.45) is 5.41 Å². The fourth-order valence-corrected chi connectivity index (χ4v) is 2.19. The summed E-state index contributed by atoms with van der Waals surface area (Å²) in [5, 5.41) is 18.7. The van der Waals surface area contributed by atoms with Crippen LogP contribution in [0.15, 0.2) is 0 Å². The van der Waals surface area contributed by atoms with Gasteiger partial charge in [-0.2, -0.15) is 5.26 Å². The molecule has 0 spiro atoms. The van der Waals surface area contributed by atoms with Gasteiger partial charge in [0.05, 0.1) is 17.6 Å². The van der Waals surface area contributed by atoms with Gasteiger partial charge in [-0.25, -0.2) is 0 Å². The molecule has 0 amide bonds. The van der Waals surface area contributed by atoms with Crippen LogP contribution in [0.3, 0.4) is 0 Å². The second-order valence-electron chi connectivity index (χ2n) is 4.22. The summed E-state index contributed by atoms with van der Waals surface area (Å²) in [7, 11) is 0. The Hall–Kier alpha value is -0.550. The van der Waals surface area contributed by atoms with Crippen LogP contribution >= 0.6 is 0 Å². The van der Waals surface area contributed by atoms with E-state index in [9.17, 15) is 5.11 Å². The van der Waals surface area contributed by atoms with Crippen LogP contribution in [0.5, 0.6) is 0 Å². The molecule has 0 heterocycles. The zero-order chi connectivity index (χ0) is 9.73. The van der Waals surface area contributed by atoms with Gasteiger partial charge in [-0.15, -0.1) is 0 Å². The lowest BCUT2D eigenvalue weighted by atomic mass is 9.71. The molecule has 2 nitrogen and oxygen atoms in total. The summed E-state index contributed by atoms with van der Waals surface area (Å²) in [5.74, 6) is 0. The van der Waals surface area contributed by atoms with Crippen molar-refractivity contribution in [3.63, 3.8) is 0 Å². The zero-order valence-electron chi connectivity index (χ0n) is 8.42. The van der Waals surface area contributed by atoms with E-state index in [1.54, 1.807) is 0 Å². The maximum absolute atomic E-state index is 9.56. The zero-order valence-corrected chi connectivity index (χ0v) is 8.42. The number of rotatable bonds is 3. The Labute approximate surface area is 80.6 Å². The number of aliphatic hydroxyl groups is 1. The second kappa shape index (κ2) is 4.62. The van der Waals surface area contributed by atoms with Gasteiger partial charge in [-0.1, -0.05) is 26.2 Å². The average molecular weight is 181 g/mol. The van der Waals surface area contributed by atoms with Crippen LogP contribution in [0.25, 0.3) is 0 Å². The minimum atomic E-state index is -0.280. The number of hydrogen-bond donors (Lipinski definition) is 1. The Bertz CT molecular complexity index is 189. The Morgan fingerprint density at radius 1 is 1.38 bits per heavy atom. The van der Waals surface area contributed by atoms with Crippen molar-refractivity contribution in [1.82, 2.24) is 0 Å². The maximum atomic E-state index is 9.56. The van der Waals surface area contributed by atoms with Crippen molar-refractivity contribution < 1.29 is 5.11 Å². The fourth-order valence-electron chi connectivity index (χ4n) is 2.19. The highest BCUT2D eigenvalue weighted by Gasteiger charge is 2.33. The smallest absolute Gasteiger partial charge is 0.0690 e. The highest BCUT2D eigenvalue weighted by molar-refractivity contribution is 5.01. The fraction of sp³-hybridized carbons (Fsp3) is 0.909. The molecule has 0 aromatic heterocycles. The average Bonchev–Trinajstić information content (AvgIpc) is 2.19. The van der Waals surface area contributed by atoms with E-state index in [1.807, 2.05) is 6.92 Å². The van der Waals surface area contributed by atoms with Crippen LogP contribution < -0.4 is 0 Å². The van der Waals surface area contributed by atoms with Crippen LogP contribution in [0.1, 0.15) is 51.9 Å². The molecule has 0 radical (unpaired) electrons. The summed E-state index contributed by atoms with van der Waals surface area (Å²) in [6, 6.07) is 2.42. The summed E-state index contributed by atoms with van der Waals surface area (Å²) >= 11 is 0. The van der Waals surface area contributed by atoms with Gasteiger partial charge in [0.25, 0.3) is 0 Å². The first-order chi connectivity index (χ1) is 6.22. The Morgan fingerprint density at radius 3 is 2.46 bits per heavy atom. The standard InChI is InChI=1S/C11H19NO/c1-2-10(13)8-11(9-12)6-4-3-5-7-11/h10,13H,2-8H2,1H3. The summed E-state index contributed by atoms with van der Waals surface area (Å²) in [4.78, 5) is 0. The first-order valence-corrected chi connectivity index (χ1v) is 5.32. The monoisotopic (exact) mass is 181 g/mol. The molecule has 1 aliphatic rings. The summed E-state index contributed by atoms with van der Waals surface area (Å²) in [6.45, 7) is 1.97. The van der Waals surface area contributed by atoms with E-state index in [1.165, 1.54) is 6.42 Å². The maximum Gasteiger partial charge on any atom is 0.0690 e. The van der Waals surface area contributed by atoms with Crippen LogP contribution in [-0.2, 0) is 0 Å². The highest BCUT2D eigenvalue weighted by atomic mass is 16.3. The minimum absolute atomic E-state index is 0.201. The number of nitrogens with zero attached hydrogens (tertiary/aromatic N) is 1. The number of aliphatic hydroxyl groups excluding tert-OH is 1. The largest absolute Gasteiger partial charge is 0.393 e. The van der Waals surface area contributed by atoms with Gasteiger partial charge in [-0.3, -0.25) is 0 Å². The van der Waals surface area contributed by atoms with Crippen LogP contribution in [0.4, 0.5) is 0 Å². The van der Waals surface area contributed by atoms with Crippen molar-refractivity contribution in [3.8, 4) is 6.07 Å². The van der Waals surface area contributed by atoms with Crippen molar-refractivity contribution in [3.05, 3.63) is 0 Å². The van der Waals surface area contributed by atoms with Crippen LogP contribution in [-0.4, -0.2) is 11.2 Å². The quantitative estimate of drug-likeness (QED) is 0.727. The molecule has 1 saturated carbocycles. The minimum Gasteiger partial charge on any atom is -0.393 e. The molecule has 0 aliphatic heterocycles. The SMILES string of the molecule is CCC(O)CC1(C#N)CCCCC1. The van der Waals surface area contributed by atoms with E-state index in [-0.39, 0.29) is 11.5 Å². The Morgan fingerprint density at radius 2 is 2.00 bits per heavy atom. The second-order valence-corrected chi connectivity index (χ2v) is 4.22.